The molecule has 1 aromatic rings. The Bertz CT molecular complexity index is 414. The summed E-state index contributed by atoms with van der Waals surface area (Å²) in [6.45, 7) is 3.24. The molecule has 18 heavy (non-hydrogen) atoms. The van der Waals surface area contributed by atoms with E-state index in [0.29, 0.717) is 17.6 Å². The molecule has 0 amide bonds. The molecular formula is C16H21NO. The topological polar surface area (TPSA) is 20.3 Å². The molecule has 0 spiro atoms. The number of rotatable bonds is 2. The zero-order valence-electron chi connectivity index (χ0n) is 10.8. The van der Waals surface area contributed by atoms with Gasteiger partial charge in [0, 0.05) is 25.4 Å². The summed E-state index contributed by atoms with van der Waals surface area (Å²) in [6, 6.07) is 10.7. The zero-order chi connectivity index (χ0) is 12.4. The molecule has 1 saturated carbocycles. The summed E-state index contributed by atoms with van der Waals surface area (Å²) in [4.78, 5) is 14.4. The number of ketones is 1. The van der Waals surface area contributed by atoms with Crippen molar-refractivity contribution < 1.29 is 4.79 Å². The van der Waals surface area contributed by atoms with Gasteiger partial charge >= 0.3 is 0 Å². The van der Waals surface area contributed by atoms with Gasteiger partial charge in [0.05, 0.1) is 0 Å². The zero-order valence-corrected chi connectivity index (χ0v) is 10.8. The first-order valence-electron chi connectivity index (χ1n) is 7.12. The van der Waals surface area contributed by atoms with Gasteiger partial charge in [-0.15, -0.1) is 0 Å². The second-order valence-electron chi connectivity index (χ2n) is 5.73. The third-order valence-electron chi connectivity index (χ3n) is 4.48. The monoisotopic (exact) mass is 243 g/mol. The van der Waals surface area contributed by atoms with Gasteiger partial charge < -0.3 is 0 Å². The first kappa shape index (κ1) is 11.9. The van der Waals surface area contributed by atoms with E-state index in [1.807, 2.05) is 0 Å². The number of piperidine rings is 1. The Morgan fingerprint density at radius 3 is 2.83 bits per heavy atom. The minimum absolute atomic E-state index is 0.380. The van der Waals surface area contributed by atoms with Crippen LogP contribution in [0.4, 0.5) is 0 Å². The van der Waals surface area contributed by atoms with Crippen molar-refractivity contribution in [1.82, 2.24) is 4.90 Å². The summed E-state index contributed by atoms with van der Waals surface area (Å²) in [5, 5.41) is 0. The number of carbonyl (C=O) groups excluding carboxylic acids is 1. The van der Waals surface area contributed by atoms with Crippen molar-refractivity contribution in [2.45, 2.75) is 32.2 Å². The maximum atomic E-state index is 11.9. The van der Waals surface area contributed by atoms with E-state index < -0.39 is 0 Å². The van der Waals surface area contributed by atoms with Crippen molar-refractivity contribution in [1.29, 1.82) is 0 Å². The van der Waals surface area contributed by atoms with Gasteiger partial charge in [-0.25, -0.2) is 0 Å². The van der Waals surface area contributed by atoms with Gasteiger partial charge in [0.25, 0.3) is 0 Å². The quantitative estimate of drug-likeness (QED) is 0.796. The van der Waals surface area contributed by atoms with Gasteiger partial charge in [0.15, 0.2) is 0 Å². The first-order valence-corrected chi connectivity index (χ1v) is 7.12. The average Bonchev–Trinajstić information content (AvgIpc) is 2.40. The molecule has 1 aliphatic heterocycles. The standard InChI is InChI=1S/C16H21NO/c18-16-8-4-7-14-12-17(10-9-15(14)16)11-13-5-2-1-3-6-13/h1-3,5-6,14-15H,4,7-12H2. The summed E-state index contributed by atoms with van der Waals surface area (Å²) >= 11 is 0. The van der Waals surface area contributed by atoms with Gasteiger partial charge in [-0.1, -0.05) is 30.3 Å². The van der Waals surface area contributed by atoms with Gasteiger partial charge in [0.1, 0.15) is 5.78 Å². The van der Waals surface area contributed by atoms with E-state index in [1.54, 1.807) is 0 Å². The molecule has 0 bridgehead atoms. The predicted octanol–water partition coefficient (Wildman–Crippen LogP) is 2.88. The van der Waals surface area contributed by atoms with Crippen LogP contribution in [-0.2, 0) is 11.3 Å². The lowest BCUT2D eigenvalue weighted by atomic mass is 9.74. The second-order valence-corrected chi connectivity index (χ2v) is 5.73. The summed E-state index contributed by atoms with van der Waals surface area (Å²) in [5.74, 6) is 1.54. The molecule has 2 atom stereocenters. The lowest BCUT2D eigenvalue weighted by Crippen LogP contribution is -2.44. The molecular weight excluding hydrogens is 222 g/mol. The number of hydrogen-bond acceptors (Lipinski definition) is 2. The number of Topliss-reactive ketones (excluding diaryl/α,β-unsaturated/α-hetero) is 1. The Kier molecular flexibility index (Phi) is 3.46. The fourth-order valence-electron chi connectivity index (χ4n) is 3.53. The normalized spacial score (nSPS) is 29.0. The molecule has 2 nitrogen and oxygen atoms in total. The van der Waals surface area contributed by atoms with Crippen LogP contribution < -0.4 is 0 Å². The van der Waals surface area contributed by atoms with Crippen LogP contribution in [0.5, 0.6) is 0 Å². The molecule has 0 aromatic heterocycles. The molecule has 0 radical (unpaired) electrons. The Hall–Kier alpha value is -1.15. The Labute approximate surface area is 109 Å². The fraction of sp³-hybridized carbons (Fsp3) is 0.562. The van der Waals surface area contributed by atoms with Crippen LogP contribution in [0, 0.1) is 11.8 Å². The molecule has 1 heterocycles. The highest BCUT2D eigenvalue weighted by Gasteiger charge is 2.35. The van der Waals surface area contributed by atoms with Crippen LogP contribution in [0.1, 0.15) is 31.2 Å². The summed E-state index contributed by atoms with van der Waals surface area (Å²) in [6.07, 6.45) is 4.27. The Morgan fingerprint density at radius 2 is 2.00 bits per heavy atom. The number of carbonyl (C=O) groups is 1. The number of likely N-dealkylation sites (tertiary alicyclic amines) is 1. The van der Waals surface area contributed by atoms with E-state index >= 15 is 0 Å². The van der Waals surface area contributed by atoms with Crippen LogP contribution in [0.3, 0.4) is 0 Å². The molecule has 2 fully saturated rings. The molecule has 2 unspecified atom stereocenters. The molecule has 1 saturated heterocycles. The molecule has 3 rings (SSSR count). The van der Waals surface area contributed by atoms with Gasteiger partial charge in [-0.2, -0.15) is 0 Å². The van der Waals surface area contributed by atoms with Crippen LogP contribution >= 0.6 is 0 Å². The van der Waals surface area contributed by atoms with Gasteiger partial charge in [-0.3, -0.25) is 9.69 Å². The highest BCUT2D eigenvalue weighted by molar-refractivity contribution is 5.82. The van der Waals surface area contributed by atoms with Crippen molar-refractivity contribution >= 4 is 5.78 Å². The first-order chi connectivity index (χ1) is 8.83. The van der Waals surface area contributed by atoms with Crippen LogP contribution in [0.15, 0.2) is 30.3 Å². The average molecular weight is 243 g/mol. The van der Waals surface area contributed by atoms with E-state index in [1.165, 1.54) is 12.0 Å². The smallest absolute Gasteiger partial charge is 0.136 e. The van der Waals surface area contributed by atoms with Crippen molar-refractivity contribution in [3.05, 3.63) is 35.9 Å². The highest BCUT2D eigenvalue weighted by Crippen LogP contribution is 2.34. The van der Waals surface area contributed by atoms with Gasteiger partial charge in [0.2, 0.25) is 0 Å². The Morgan fingerprint density at radius 1 is 1.17 bits per heavy atom. The van der Waals surface area contributed by atoms with E-state index in [0.717, 1.165) is 38.9 Å². The lowest BCUT2D eigenvalue weighted by Gasteiger charge is -2.40. The van der Waals surface area contributed by atoms with Crippen LogP contribution in [-0.4, -0.2) is 23.8 Å². The third kappa shape index (κ3) is 2.49. The van der Waals surface area contributed by atoms with Crippen molar-refractivity contribution in [3.8, 4) is 0 Å². The van der Waals surface area contributed by atoms with E-state index in [2.05, 4.69) is 35.2 Å². The second kappa shape index (κ2) is 5.23. The lowest BCUT2D eigenvalue weighted by molar-refractivity contribution is -0.129. The van der Waals surface area contributed by atoms with Crippen LogP contribution in [0.2, 0.25) is 0 Å². The van der Waals surface area contributed by atoms with Crippen molar-refractivity contribution in [3.63, 3.8) is 0 Å². The molecule has 2 aliphatic rings. The minimum Gasteiger partial charge on any atom is -0.299 e. The minimum atomic E-state index is 0.380. The largest absolute Gasteiger partial charge is 0.299 e. The highest BCUT2D eigenvalue weighted by atomic mass is 16.1. The molecule has 0 N–H and O–H groups in total. The van der Waals surface area contributed by atoms with E-state index in [9.17, 15) is 4.79 Å². The number of hydrogen-bond donors (Lipinski definition) is 0. The molecule has 1 aliphatic carbocycles. The molecule has 1 aromatic carbocycles. The number of benzene rings is 1. The maximum absolute atomic E-state index is 11.9. The molecule has 96 valence electrons. The SMILES string of the molecule is O=C1CCCC2CN(Cc3ccccc3)CCC12. The van der Waals surface area contributed by atoms with Crippen LogP contribution in [0.25, 0.3) is 0 Å². The number of nitrogens with zero attached hydrogens (tertiary/aromatic N) is 1. The summed E-state index contributed by atoms with van der Waals surface area (Å²) in [7, 11) is 0. The van der Waals surface area contributed by atoms with E-state index in [4.69, 9.17) is 0 Å². The molecule has 2 heteroatoms. The van der Waals surface area contributed by atoms with Crippen molar-refractivity contribution in [2.75, 3.05) is 13.1 Å². The summed E-state index contributed by atoms with van der Waals surface area (Å²) < 4.78 is 0. The van der Waals surface area contributed by atoms with Gasteiger partial charge in [-0.05, 0) is 37.3 Å². The van der Waals surface area contributed by atoms with E-state index in [-0.39, 0.29) is 0 Å². The third-order valence-corrected chi connectivity index (χ3v) is 4.48. The maximum Gasteiger partial charge on any atom is 0.136 e. The Balaban J connectivity index is 1.62. The van der Waals surface area contributed by atoms with Crippen molar-refractivity contribution in [2.24, 2.45) is 11.8 Å². The number of fused-ring (bicyclic) bond motifs is 1. The summed E-state index contributed by atoms with van der Waals surface area (Å²) in [5.41, 5.74) is 1.39. The predicted molar refractivity (Wildman–Crippen MR) is 72.2 cm³/mol. The fourth-order valence-corrected chi connectivity index (χ4v) is 3.53.